The fraction of sp³-hybridized carbons (Fsp3) is 0.353. The lowest BCUT2D eigenvalue weighted by molar-refractivity contribution is -0.0549. The number of hydrogen-bond acceptors (Lipinski definition) is 8. The van der Waals surface area contributed by atoms with E-state index in [-0.39, 0.29) is 5.82 Å². The summed E-state index contributed by atoms with van der Waals surface area (Å²) in [6.07, 6.45) is -3.66. The van der Waals surface area contributed by atoms with Crippen LogP contribution in [0.15, 0.2) is 41.3 Å². The smallest absolute Gasteiger partial charge is 0.351 e. The third kappa shape index (κ3) is 3.83. The minimum atomic E-state index is -1.40. The molecule has 0 radical (unpaired) electrons. The van der Waals surface area contributed by atoms with Gasteiger partial charge in [0.15, 0.2) is 6.23 Å². The fourth-order valence-corrected chi connectivity index (χ4v) is 2.72. The van der Waals surface area contributed by atoms with Crippen molar-refractivity contribution in [3.05, 3.63) is 52.6 Å². The van der Waals surface area contributed by atoms with Crippen LogP contribution < -0.4 is 15.7 Å². The van der Waals surface area contributed by atoms with Crippen LogP contribution in [0.4, 0.5) is 5.82 Å². The predicted molar refractivity (Wildman–Crippen MR) is 92.5 cm³/mol. The highest BCUT2D eigenvalue weighted by atomic mass is 16.6. The molecule has 1 fully saturated rings. The number of carbonyl (C=O) groups is 1. The van der Waals surface area contributed by atoms with Crippen LogP contribution in [0.5, 0.6) is 5.75 Å². The van der Waals surface area contributed by atoms with Crippen LogP contribution in [-0.4, -0.2) is 62.8 Å². The molecule has 3 rings (SSSR count). The quantitative estimate of drug-likeness (QED) is 0.526. The number of aliphatic hydroxyl groups is 3. The van der Waals surface area contributed by atoms with Gasteiger partial charge in [0.1, 0.15) is 29.9 Å². The van der Waals surface area contributed by atoms with Crippen LogP contribution in [0.25, 0.3) is 0 Å². The van der Waals surface area contributed by atoms with Gasteiger partial charge in [0.25, 0.3) is 5.91 Å². The Morgan fingerprint density at radius 3 is 2.52 bits per heavy atom. The molecular weight excluding hydrogens is 358 g/mol. The zero-order valence-electron chi connectivity index (χ0n) is 14.3. The van der Waals surface area contributed by atoms with E-state index in [9.17, 15) is 19.8 Å². The molecule has 0 aliphatic carbocycles. The second-order valence-corrected chi connectivity index (χ2v) is 5.91. The zero-order valence-corrected chi connectivity index (χ0v) is 14.3. The Hall–Kier alpha value is -2.79. The number of carbonyl (C=O) groups excluding carboxylic acids is 1. The number of rotatable bonds is 5. The summed E-state index contributed by atoms with van der Waals surface area (Å²) in [6.45, 7) is -0.507. The van der Waals surface area contributed by atoms with Crippen LogP contribution >= 0.6 is 0 Å². The molecule has 1 aromatic carbocycles. The van der Waals surface area contributed by atoms with Gasteiger partial charge >= 0.3 is 5.69 Å². The standard InChI is InChI=1S/C17H19N3O7/c1-26-10-4-2-9(3-5-10)15(24)18-12-6-7-20(17(25)19-12)16-14(23)13(22)11(8-21)27-16/h2-7,11,13-14,16,21-23H,8H2,1H3,(H,18,19,24,25)/t11-,13-,14+,16-/m1/s1. The van der Waals surface area contributed by atoms with E-state index in [1.807, 2.05) is 0 Å². The molecular formula is C17H19N3O7. The molecule has 4 N–H and O–H groups in total. The first-order valence-electron chi connectivity index (χ1n) is 8.11. The maximum Gasteiger partial charge on any atom is 0.351 e. The molecule has 0 saturated carbocycles. The number of methoxy groups -OCH3 is 1. The number of aromatic nitrogens is 2. The summed E-state index contributed by atoms with van der Waals surface area (Å²) in [5, 5.41) is 31.4. The summed E-state index contributed by atoms with van der Waals surface area (Å²) in [5.74, 6) is 0.157. The van der Waals surface area contributed by atoms with Crippen molar-refractivity contribution in [2.75, 3.05) is 19.0 Å². The average Bonchev–Trinajstić information content (AvgIpc) is 2.96. The Morgan fingerprint density at radius 2 is 1.96 bits per heavy atom. The van der Waals surface area contributed by atoms with E-state index in [1.54, 1.807) is 24.3 Å². The van der Waals surface area contributed by atoms with Crippen LogP contribution in [0, 0.1) is 0 Å². The number of nitrogens with zero attached hydrogens (tertiary/aromatic N) is 2. The summed E-state index contributed by atoms with van der Waals surface area (Å²) in [5.41, 5.74) is -0.442. The molecule has 2 heterocycles. The number of amides is 1. The Labute approximate surface area is 153 Å². The molecule has 1 aromatic heterocycles. The largest absolute Gasteiger partial charge is 0.497 e. The first-order valence-corrected chi connectivity index (χ1v) is 8.11. The first-order chi connectivity index (χ1) is 12.9. The van der Waals surface area contributed by atoms with Gasteiger partial charge in [-0.1, -0.05) is 0 Å². The van der Waals surface area contributed by atoms with E-state index in [2.05, 4.69) is 10.3 Å². The Kier molecular flexibility index (Phi) is 5.51. The van der Waals surface area contributed by atoms with Crippen molar-refractivity contribution in [2.24, 2.45) is 0 Å². The molecule has 1 aliphatic rings. The Bertz CT molecular complexity index is 868. The lowest BCUT2D eigenvalue weighted by Gasteiger charge is -2.17. The average molecular weight is 377 g/mol. The minimum Gasteiger partial charge on any atom is -0.497 e. The molecule has 2 aromatic rings. The normalized spacial score (nSPS) is 24.6. The van der Waals surface area contributed by atoms with Gasteiger partial charge in [-0.3, -0.25) is 9.36 Å². The van der Waals surface area contributed by atoms with Gasteiger partial charge in [0, 0.05) is 11.8 Å². The molecule has 0 bridgehead atoms. The van der Waals surface area contributed by atoms with E-state index in [1.165, 1.54) is 19.4 Å². The third-order valence-corrected chi connectivity index (χ3v) is 4.22. The second-order valence-electron chi connectivity index (χ2n) is 5.91. The van der Waals surface area contributed by atoms with Gasteiger partial charge < -0.3 is 30.1 Å². The van der Waals surface area contributed by atoms with Crippen LogP contribution in [0.2, 0.25) is 0 Å². The summed E-state index contributed by atoms with van der Waals surface area (Å²) < 4.78 is 11.3. The fourth-order valence-electron chi connectivity index (χ4n) is 2.72. The van der Waals surface area contributed by atoms with Gasteiger partial charge in [-0.2, -0.15) is 4.98 Å². The van der Waals surface area contributed by atoms with E-state index >= 15 is 0 Å². The highest BCUT2D eigenvalue weighted by molar-refractivity contribution is 6.03. The second kappa shape index (κ2) is 7.84. The van der Waals surface area contributed by atoms with Crippen LogP contribution in [0.1, 0.15) is 16.6 Å². The minimum absolute atomic E-state index is 0.0174. The first kappa shape index (κ1) is 19.0. The lowest BCUT2D eigenvalue weighted by Crippen LogP contribution is -2.36. The molecule has 1 aliphatic heterocycles. The third-order valence-electron chi connectivity index (χ3n) is 4.22. The molecule has 1 amide bonds. The van der Waals surface area contributed by atoms with Gasteiger partial charge in [0.05, 0.1) is 13.7 Å². The highest BCUT2D eigenvalue weighted by Crippen LogP contribution is 2.28. The summed E-state index contributed by atoms with van der Waals surface area (Å²) in [7, 11) is 1.51. The zero-order chi connectivity index (χ0) is 19.6. The molecule has 4 atom stereocenters. The van der Waals surface area contributed by atoms with Gasteiger partial charge in [-0.15, -0.1) is 0 Å². The molecule has 0 unspecified atom stereocenters. The van der Waals surface area contributed by atoms with Crippen molar-refractivity contribution in [1.82, 2.24) is 9.55 Å². The molecule has 0 spiro atoms. The Morgan fingerprint density at radius 1 is 1.26 bits per heavy atom. The van der Waals surface area contributed by atoms with Crippen molar-refractivity contribution in [2.45, 2.75) is 24.5 Å². The Balaban J connectivity index is 1.75. The van der Waals surface area contributed by atoms with E-state index in [0.29, 0.717) is 11.3 Å². The summed E-state index contributed by atoms with van der Waals surface area (Å²) in [4.78, 5) is 28.2. The van der Waals surface area contributed by atoms with Crippen molar-refractivity contribution >= 4 is 11.7 Å². The number of hydrogen-bond donors (Lipinski definition) is 4. The van der Waals surface area contributed by atoms with Gasteiger partial charge in [-0.25, -0.2) is 4.79 Å². The molecule has 10 heteroatoms. The lowest BCUT2D eigenvalue weighted by atomic mass is 10.1. The summed E-state index contributed by atoms with van der Waals surface area (Å²) in [6, 6.07) is 7.74. The summed E-state index contributed by atoms with van der Waals surface area (Å²) >= 11 is 0. The van der Waals surface area contributed by atoms with Crippen molar-refractivity contribution in [1.29, 1.82) is 0 Å². The molecule has 27 heavy (non-hydrogen) atoms. The van der Waals surface area contributed by atoms with Crippen LogP contribution in [0.3, 0.4) is 0 Å². The topological polar surface area (TPSA) is 143 Å². The number of anilines is 1. The maximum absolute atomic E-state index is 12.2. The number of ether oxygens (including phenoxy) is 2. The van der Waals surface area contributed by atoms with E-state index in [0.717, 1.165) is 4.57 Å². The molecule has 144 valence electrons. The van der Waals surface area contributed by atoms with Crippen molar-refractivity contribution < 1.29 is 29.6 Å². The van der Waals surface area contributed by atoms with E-state index in [4.69, 9.17) is 14.6 Å². The van der Waals surface area contributed by atoms with Gasteiger partial charge in [-0.05, 0) is 30.3 Å². The molecule has 10 nitrogen and oxygen atoms in total. The number of benzene rings is 1. The van der Waals surface area contributed by atoms with Crippen LogP contribution in [-0.2, 0) is 4.74 Å². The number of aliphatic hydroxyl groups excluding tert-OH is 3. The van der Waals surface area contributed by atoms with E-state index < -0.39 is 42.7 Å². The van der Waals surface area contributed by atoms with Gasteiger partial charge in [0.2, 0.25) is 0 Å². The number of nitrogens with one attached hydrogen (secondary N) is 1. The van der Waals surface area contributed by atoms with Crippen molar-refractivity contribution in [3.63, 3.8) is 0 Å². The monoisotopic (exact) mass is 377 g/mol. The SMILES string of the molecule is COc1ccc(C(=O)Nc2ccn([C@@H]3O[C@H](CO)[C@@H](O)[C@@H]3O)c(=O)n2)cc1. The maximum atomic E-state index is 12.2. The van der Waals surface area contributed by atoms with Crippen molar-refractivity contribution in [3.8, 4) is 5.75 Å². The predicted octanol–water partition coefficient (Wildman–Crippen LogP) is -0.884. The highest BCUT2D eigenvalue weighted by Gasteiger charge is 2.43. The molecule has 1 saturated heterocycles.